The zero-order valence-corrected chi connectivity index (χ0v) is 16.1. The summed E-state index contributed by atoms with van der Waals surface area (Å²) < 4.78 is 6.73. The van der Waals surface area contributed by atoms with E-state index in [1.54, 1.807) is 17.5 Å². The minimum atomic E-state index is -0.279. The van der Waals surface area contributed by atoms with E-state index in [2.05, 4.69) is 26.2 Å². The molecule has 2 aromatic heterocycles. The Labute approximate surface area is 156 Å². The highest BCUT2D eigenvalue weighted by Gasteiger charge is 2.18. The third-order valence-electron chi connectivity index (χ3n) is 3.26. The average Bonchev–Trinajstić information content (AvgIpc) is 3.24. The molecule has 1 atom stereocenters. The number of oxazole rings is 1. The lowest BCUT2D eigenvalue weighted by atomic mass is 10.2. The molecule has 1 aromatic carbocycles. The second kappa shape index (κ2) is 8.00. The molecule has 0 unspecified atom stereocenters. The van der Waals surface area contributed by atoms with E-state index < -0.39 is 0 Å². The lowest BCUT2D eigenvalue weighted by molar-refractivity contribution is -0.120. The van der Waals surface area contributed by atoms with Crippen LogP contribution in [-0.2, 0) is 11.3 Å². The van der Waals surface area contributed by atoms with Crippen molar-refractivity contribution in [1.82, 2.24) is 10.3 Å². The van der Waals surface area contributed by atoms with Crippen molar-refractivity contribution in [2.24, 2.45) is 0 Å². The highest BCUT2D eigenvalue weighted by Crippen LogP contribution is 2.29. The van der Waals surface area contributed by atoms with Gasteiger partial charge in [-0.2, -0.15) is 0 Å². The van der Waals surface area contributed by atoms with Gasteiger partial charge in [-0.15, -0.1) is 11.3 Å². The second-order valence-electron chi connectivity index (χ2n) is 5.06. The summed E-state index contributed by atoms with van der Waals surface area (Å²) in [6.07, 6.45) is 1.68. The fourth-order valence-electron chi connectivity index (χ4n) is 2.02. The van der Waals surface area contributed by atoms with E-state index in [9.17, 15) is 4.79 Å². The van der Waals surface area contributed by atoms with Crippen molar-refractivity contribution < 1.29 is 9.21 Å². The van der Waals surface area contributed by atoms with Crippen LogP contribution in [0.3, 0.4) is 0 Å². The van der Waals surface area contributed by atoms with Gasteiger partial charge in [-0.1, -0.05) is 45.9 Å². The number of halogens is 1. The first kappa shape index (κ1) is 17.3. The molecule has 0 aliphatic carbocycles. The summed E-state index contributed by atoms with van der Waals surface area (Å²) in [4.78, 5) is 17.6. The van der Waals surface area contributed by atoms with Crippen LogP contribution in [-0.4, -0.2) is 16.1 Å². The highest BCUT2D eigenvalue weighted by atomic mass is 79.9. The first-order valence-electron chi connectivity index (χ1n) is 7.30. The number of thiophene rings is 1. The van der Waals surface area contributed by atoms with E-state index in [0.717, 1.165) is 14.9 Å². The number of rotatable bonds is 6. The molecule has 124 valence electrons. The molecule has 4 nitrogen and oxygen atoms in total. The van der Waals surface area contributed by atoms with Crippen LogP contribution in [0.4, 0.5) is 0 Å². The fraction of sp³-hybridized carbons (Fsp3) is 0.176. The van der Waals surface area contributed by atoms with Crippen LogP contribution < -0.4 is 5.32 Å². The molecule has 7 heteroatoms. The fourth-order valence-corrected chi connectivity index (χ4v) is 3.81. The number of benzene rings is 1. The molecule has 0 spiro atoms. The van der Waals surface area contributed by atoms with E-state index in [4.69, 9.17) is 4.42 Å². The predicted octanol–water partition coefficient (Wildman–Crippen LogP) is 4.96. The van der Waals surface area contributed by atoms with Crippen molar-refractivity contribution in [2.45, 2.75) is 23.9 Å². The number of thioether (sulfide) groups is 1. The van der Waals surface area contributed by atoms with E-state index in [1.807, 2.05) is 48.7 Å². The van der Waals surface area contributed by atoms with Gasteiger partial charge in [-0.25, -0.2) is 4.98 Å². The number of hydrogen-bond donors (Lipinski definition) is 1. The van der Waals surface area contributed by atoms with Gasteiger partial charge < -0.3 is 9.73 Å². The summed E-state index contributed by atoms with van der Waals surface area (Å²) in [5, 5.41) is 5.13. The standard InChI is InChI=1S/C17H15BrN2O2S2/c1-11(16(21)19-9-14-6-3-7-23-14)24-17-20-10-15(22-17)12-4-2-5-13(18)8-12/h2-8,10-11H,9H2,1H3,(H,19,21)/t11-/m1/s1. The third-order valence-corrected chi connectivity index (χ3v) is 5.59. The predicted molar refractivity (Wildman–Crippen MR) is 101 cm³/mol. The second-order valence-corrected chi connectivity index (χ2v) is 8.30. The van der Waals surface area contributed by atoms with E-state index in [1.165, 1.54) is 11.8 Å². The minimum absolute atomic E-state index is 0.0318. The Morgan fingerprint density at radius 1 is 1.42 bits per heavy atom. The molecule has 0 bridgehead atoms. The maximum Gasteiger partial charge on any atom is 0.256 e. The summed E-state index contributed by atoms with van der Waals surface area (Å²) in [5.74, 6) is 0.653. The summed E-state index contributed by atoms with van der Waals surface area (Å²) in [5.41, 5.74) is 0.943. The normalized spacial score (nSPS) is 12.1. The molecule has 0 radical (unpaired) electrons. The number of aromatic nitrogens is 1. The number of amides is 1. The maximum atomic E-state index is 12.2. The van der Waals surface area contributed by atoms with E-state index in [-0.39, 0.29) is 11.2 Å². The molecule has 2 heterocycles. The van der Waals surface area contributed by atoms with Gasteiger partial charge in [0.25, 0.3) is 5.22 Å². The molecule has 0 aliphatic heterocycles. The Hall–Kier alpha value is -1.57. The molecule has 3 aromatic rings. The molecule has 1 N–H and O–H groups in total. The summed E-state index contributed by atoms with van der Waals surface area (Å²) in [6, 6.07) is 11.8. The van der Waals surface area contributed by atoms with Crippen LogP contribution in [0.1, 0.15) is 11.8 Å². The number of carbonyl (C=O) groups excluding carboxylic acids is 1. The first-order chi connectivity index (χ1) is 11.6. The SMILES string of the molecule is C[C@@H](Sc1ncc(-c2cccc(Br)c2)o1)C(=O)NCc1cccs1. The number of hydrogen-bond acceptors (Lipinski definition) is 5. The van der Waals surface area contributed by atoms with Gasteiger partial charge in [0.2, 0.25) is 5.91 Å². The topological polar surface area (TPSA) is 55.1 Å². The van der Waals surface area contributed by atoms with Crippen molar-refractivity contribution in [3.8, 4) is 11.3 Å². The first-order valence-corrected chi connectivity index (χ1v) is 9.85. The van der Waals surface area contributed by atoms with Crippen LogP contribution >= 0.6 is 39.0 Å². The van der Waals surface area contributed by atoms with Gasteiger partial charge >= 0.3 is 0 Å². The molecular formula is C17H15BrN2O2S2. The van der Waals surface area contributed by atoms with Crippen LogP contribution in [0.25, 0.3) is 11.3 Å². The number of nitrogens with zero attached hydrogens (tertiary/aromatic N) is 1. The van der Waals surface area contributed by atoms with Gasteiger partial charge in [-0.3, -0.25) is 4.79 Å². The van der Waals surface area contributed by atoms with Crippen molar-refractivity contribution in [2.75, 3.05) is 0 Å². The lowest BCUT2D eigenvalue weighted by Crippen LogP contribution is -2.30. The van der Waals surface area contributed by atoms with Crippen molar-refractivity contribution >= 4 is 44.9 Å². The summed E-state index contributed by atoms with van der Waals surface area (Å²) in [6.45, 7) is 2.40. The monoisotopic (exact) mass is 422 g/mol. The molecule has 24 heavy (non-hydrogen) atoms. The van der Waals surface area contributed by atoms with E-state index in [0.29, 0.717) is 17.5 Å². The molecule has 0 saturated carbocycles. The smallest absolute Gasteiger partial charge is 0.256 e. The van der Waals surface area contributed by atoms with Gasteiger partial charge in [0, 0.05) is 14.9 Å². The Morgan fingerprint density at radius 3 is 3.04 bits per heavy atom. The molecule has 1 amide bonds. The van der Waals surface area contributed by atoms with Crippen LogP contribution in [0.15, 0.2) is 62.1 Å². The van der Waals surface area contributed by atoms with Crippen LogP contribution in [0, 0.1) is 0 Å². The zero-order chi connectivity index (χ0) is 16.9. The Bertz CT molecular complexity index is 818. The molecule has 3 rings (SSSR count). The van der Waals surface area contributed by atoms with Gasteiger partial charge in [-0.05, 0) is 30.5 Å². The summed E-state index contributed by atoms with van der Waals surface area (Å²) in [7, 11) is 0. The molecule has 0 fully saturated rings. The number of nitrogens with one attached hydrogen (secondary N) is 1. The van der Waals surface area contributed by atoms with Crippen LogP contribution in [0.5, 0.6) is 0 Å². The van der Waals surface area contributed by atoms with Crippen molar-refractivity contribution in [1.29, 1.82) is 0 Å². The highest BCUT2D eigenvalue weighted by molar-refractivity contribution is 9.10. The maximum absolute atomic E-state index is 12.2. The Kier molecular flexibility index (Phi) is 5.76. The van der Waals surface area contributed by atoms with Gasteiger partial charge in [0.05, 0.1) is 18.0 Å². The van der Waals surface area contributed by atoms with Gasteiger partial charge in [0.1, 0.15) is 0 Å². The van der Waals surface area contributed by atoms with Gasteiger partial charge in [0.15, 0.2) is 5.76 Å². The largest absolute Gasteiger partial charge is 0.431 e. The Balaban J connectivity index is 1.58. The average molecular weight is 423 g/mol. The van der Waals surface area contributed by atoms with E-state index >= 15 is 0 Å². The number of carbonyl (C=O) groups is 1. The lowest BCUT2D eigenvalue weighted by Gasteiger charge is -2.09. The molecule has 0 saturated heterocycles. The van der Waals surface area contributed by atoms with Crippen molar-refractivity contribution in [3.05, 3.63) is 57.3 Å². The zero-order valence-electron chi connectivity index (χ0n) is 12.9. The molecular weight excluding hydrogens is 408 g/mol. The van der Waals surface area contributed by atoms with Crippen LogP contribution in [0.2, 0.25) is 0 Å². The third kappa shape index (κ3) is 4.49. The Morgan fingerprint density at radius 2 is 2.29 bits per heavy atom. The van der Waals surface area contributed by atoms with Crippen molar-refractivity contribution in [3.63, 3.8) is 0 Å². The molecule has 0 aliphatic rings. The minimum Gasteiger partial charge on any atom is -0.431 e. The quantitative estimate of drug-likeness (QED) is 0.570. The summed E-state index contributed by atoms with van der Waals surface area (Å²) >= 11 is 6.38.